The molecule has 4 aliphatic rings. The Kier molecular flexibility index (Phi) is 4.63. The van der Waals surface area contributed by atoms with Crippen LogP contribution in [0.25, 0.3) is 0 Å². The van der Waals surface area contributed by atoms with Gasteiger partial charge in [-0.05, 0) is 66.6 Å². The fourth-order valence-corrected chi connectivity index (χ4v) is 7.21. The van der Waals surface area contributed by atoms with E-state index in [1.165, 1.54) is 12.8 Å². The van der Waals surface area contributed by atoms with Gasteiger partial charge in [0.05, 0.1) is 0 Å². The number of carbonyl (C=O) groups excluding carboxylic acids is 1. The first kappa shape index (κ1) is 19.0. The zero-order valence-corrected chi connectivity index (χ0v) is 17.0. The molecule has 0 spiro atoms. The minimum absolute atomic E-state index is 0.161. The van der Waals surface area contributed by atoms with Crippen LogP contribution in [0.1, 0.15) is 72.1 Å². The Morgan fingerprint density at radius 2 is 2.11 bits per heavy atom. The van der Waals surface area contributed by atoms with E-state index >= 15 is 0 Å². The zero-order valence-electron chi connectivity index (χ0n) is 17.0. The van der Waals surface area contributed by atoms with E-state index in [0.717, 1.165) is 32.1 Å². The van der Waals surface area contributed by atoms with Crippen LogP contribution in [-0.4, -0.2) is 16.9 Å². The summed E-state index contributed by atoms with van der Waals surface area (Å²) in [4.78, 5) is 23.0. The Morgan fingerprint density at radius 3 is 2.85 bits per heavy atom. The van der Waals surface area contributed by atoms with Crippen molar-refractivity contribution in [1.82, 2.24) is 0 Å². The van der Waals surface area contributed by atoms with E-state index in [2.05, 4.69) is 39.0 Å². The van der Waals surface area contributed by atoms with E-state index < -0.39 is 5.97 Å². The lowest BCUT2D eigenvalue weighted by atomic mass is 9.50. The van der Waals surface area contributed by atoms with Crippen molar-refractivity contribution < 1.29 is 14.7 Å². The minimum atomic E-state index is -0.679. The summed E-state index contributed by atoms with van der Waals surface area (Å²) in [6.07, 6.45) is 14.6. The number of hydrogen-bond donors (Lipinski definition) is 1. The molecule has 1 N–H and O–H groups in total. The second-order valence-corrected chi connectivity index (χ2v) is 10.2. The molecule has 0 aromatic rings. The van der Waals surface area contributed by atoms with Gasteiger partial charge in [-0.1, -0.05) is 44.6 Å². The van der Waals surface area contributed by atoms with E-state index in [0.29, 0.717) is 35.4 Å². The van der Waals surface area contributed by atoms with Gasteiger partial charge >= 0.3 is 5.97 Å². The number of carboxylic acids is 1. The molecule has 7 atom stereocenters. The lowest BCUT2D eigenvalue weighted by Crippen LogP contribution is -2.47. The highest BCUT2D eigenvalue weighted by molar-refractivity contribution is 5.79. The third kappa shape index (κ3) is 2.93. The first-order valence-corrected chi connectivity index (χ1v) is 10.9. The molecule has 4 aliphatic carbocycles. The molecule has 0 bridgehead atoms. The molecule has 3 heteroatoms. The first-order valence-electron chi connectivity index (χ1n) is 10.9. The van der Waals surface area contributed by atoms with Gasteiger partial charge in [0, 0.05) is 25.2 Å². The second-order valence-electron chi connectivity index (χ2n) is 10.2. The smallest absolute Gasteiger partial charge is 0.303 e. The third-order valence-electron chi connectivity index (χ3n) is 8.92. The summed E-state index contributed by atoms with van der Waals surface area (Å²) >= 11 is 0. The maximum absolute atomic E-state index is 12.0. The topological polar surface area (TPSA) is 54.4 Å². The van der Waals surface area contributed by atoms with Crippen LogP contribution < -0.4 is 0 Å². The van der Waals surface area contributed by atoms with Gasteiger partial charge in [-0.2, -0.15) is 0 Å². The molecule has 3 nitrogen and oxygen atoms in total. The number of hydrogen-bond acceptors (Lipinski definition) is 2. The van der Waals surface area contributed by atoms with Gasteiger partial charge in [-0.15, -0.1) is 0 Å². The number of ketones is 1. The number of allylic oxidation sites excluding steroid dienone is 4. The predicted octanol–water partition coefficient (Wildman–Crippen LogP) is 5.41. The summed E-state index contributed by atoms with van der Waals surface area (Å²) in [6.45, 7) is 7.09. The van der Waals surface area contributed by atoms with Crippen molar-refractivity contribution >= 4 is 11.8 Å². The maximum atomic E-state index is 12.0. The lowest BCUT2D eigenvalue weighted by Gasteiger charge is -2.54. The van der Waals surface area contributed by atoms with Gasteiger partial charge in [0.25, 0.3) is 0 Å². The van der Waals surface area contributed by atoms with Crippen LogP contribution in [-0.2, 0) is 9.59 Å². The summed E-state index contributed by atoms with van der Waals surface area (Å²) in [7, 11) is 0. The fraction of sp³-hybridized carbons (Fsp3) is 0.750. The average Bonchev–Trinajstić information content (AvgIpc) is 2.97. The Hall–Kier alpha value is -1.38. The Balaban J connectivity index is 1.60. The molecule has 0 aromatic heterocycles. The molecule has 0 amide bonds. The lowest BCUT2D eigenvalue weighted by molar-refractivity contribution is -0.137. The highest BCUT2D eigenvalue weighted by Gasteiger charge is 2.56. The summed E-state index contributed by atoms with van der Waals surface area (Å²) in [6, 6.07) is 0. The highest BCUT2D eigenvalue weighted by atomic mass is 16.4. The van der Waals surface area contributed by atoms with Gasteiger partial charge in [-0.3, -0.25) is 9.59 Å². The van der Waals surface area contributed by atoms with Crippen molar-refractivity contribution in [3.05, 3.63) is 23.8 Å². The number of carbonyl (C=O) groups is 2. The van der Waals surface area contributed by atoms with Crippen molar-refractivity contribution in [2.24, 2.45) is 40.4 Å². The summed E-state index contributed by atoms with van der Waals surface area (Å²) < 4.78 is 0. The Morgan fingerprint density at radius 1 is 1.33 bits per heavy atom. The van der Waals surface area contributed by atoms with Gasteiger partial charge < -0.3 is 5.11 Å². The molecule has 148 valence electrons. The van der Waals surface area contributed by atoms with Gasteiger partial charge in [0.1, 0.15) is 5.78 Å². The average molecular weight is 371 g/mol. The molecular weight excluding hydrogens is 336 g/mol. The number of rotatable bonds is 4. The molecule has 0 saturated heterocycles. The number of aliphatic carboxylic acids is 1. The number of Topliss-reactive ketones (excluding diaryl/α,β-unsaturated/α-hetero) is 1. The third-order valence-corrected chi connectivity index (χ3v) is 8.92. The molecule has 27 heavy (non-hydrogen) atoms. The van der Waals surface area contributed by atoms with Crippen LogP contribution in [0.3, 0.4) is 0 Å². The molecule has 0 unspecified atom stereocenters. The van der Waals surface area contributed by atoms with Crippen LogP contribution in [0, 0.1) is 40.4 Å². The van der Waals surface area contributed by atoms with Crippen LogP contribution in [0.15, 0.2) is 23.8 Å². The maximum Gasteiger partial charge on any atom is 0.303 e. The van der Waals surface area contributed by atoms with Crippen LogP contribution in [0.2, 0.25) is 0 Å². The molecular formula is C24H34O3. The van der Waals surface area contributed by atoms with Crippen LogP contribution in [0.5, 0.6) is 0 Å². The quantitative estimate of drug-likeness (QED) is 0.673. The van der Waals surface area contributed by atoms with Gasteiger partial charge in [-0.25, -0.2) is 0 Å². The SMILES string of the molecule is C[C@H](CCC(=O)O)[C@H]1CC[C@H]2C3=CC[C@@H]4CC(=O)CC[C@]4(C)[C@H]3C=C[C@]12C. The van der Waals surface area contributed by atoms with Gasteiger partial charge in [0.2, 0.25) is 0 Å². The van der Waals surface area contributed by atoms with E-state index in [1.54, 1.807) is 5.57 Å². The van der Waals surface area contributed by atoms with E-state index in [4.69, 9.17) is 5.11 Å². The molecule has 4 rings (SSSR count). The monoisotopic (exact) mass is 370 g/mol. The van der Waals surface area contributed by atoms with Crippen molar-refractivity contribution in [1.29, 1.82) is 0 Å². The molecule has 2 fully saturated rings. The van der Waals surface area contributed by atoms with Crippen LogP contribution >= 0.6 is 0 Å². The number of carboxylic acid groups (broad SMARTS) is 1. The molecule has 0 radical (unpaired) electrons. The molecule has 0 aliphatic heterocycles. The molecule has 2 saturated carbocycles. The largest absolute Gasteiger partial charge is 0.481 e. The standard InChI is InChI=1S/C24H34O3/c1-15(4-9-22(26)27)19-7-8-20-18-6-5-16-14-17(25)10-12-23(16,2)21(18)11-13-24(19,20)3/h6,11,13,15-16,19-21H,4-5,7-10,12,14H2,1-3H3,(H,26,27)/t15-,16-,19-,20+,21+,23+,24-/m1/s1. The van der Waals surface area contributed by atoms with E-state index in [1.807, 2.05) is 0 Å². The number of fused-ring (bicyclic) bond motifs is 5. The molecule has 0 aromatic carbocycles. The van der Waals surface area contributed by atoms with Gasteiger partial charge in [0.15, 0.2) is 0 Å². The normalized spacial score (nSPS) is 44.1. The highest BCUT2D eigenvalue weighted by Crippen LogP contribution is 2.64. The van der Waals surface area contributed by atoms with Crippen molar-refractivity contribution in [2.75, 3.05) is 0 Å². The van der Waals surface area contributed by atoms with Crippen LogP contribution in [0.4, 0.5) is 0 Å². The summed E-state index contributed by atoms with van der Waals surface area (Å²) in [5.41, 5.74) is 2.04. The van der Waals surface area contributed by atoms with E-state index in [-0.39, 0.29) is 17.3 Å². The summed E-state index contributed by atoms with van der Waals surface area (Å²) in [5, 5.41) is 9.07. The predicted molar refractivity (Wildman–Crippen MR) is 106 cm³/mol. The Labute approximate surface area is 163 Å². The van der Waals surface area contributed by atoms with Crippen molar-refractivity contribution in [3.8, 4) is 0 Å². The summed E-state index contributed by atoms with van der Waals surface area (Å²) in [5.74, 6) is 2.38. The first-order chi connectivity index (χ1) is 12.8. The molecule has 0 heterocycles. The second kappa shape index (κ2) is 6.60. The fourth-order valence-electron chi connectivity index (χ4n) is 7.21. The van der Waals surface area contributed by atoms with Crippen molar-refractivity contribution in [2.45, 2.75) is 72.1 Å². The van der Waals surface area contributed by atoms with E-state index in [9.17, 15) is 9.59 Å². The Bertz CT molecular complexity index is 704. The van der Waals surface area contributed by atoms with Crippen molar-refractivity contribution in [3.63, 3.8) is 0 Å². The minimum Gasteiger partial charge on any atom is -0.481 e. The zero-order chi connectivity index (χ0) is 19.4.